The van der Waals surface area contributed by atoms with E-state index >= 15 is 0 Å². The van der Waals surface area contributed by atoms with Crippen molar-refractivity contribution in [1.29, 1.82) is 0 Å². The van der Waals surface area contributed by atoms with E-state index in [-0.39, 0.29) is 4.90 Å². The number of fused-ring (bicyclic) bond motifs is 1. The molecule has 0 saturated heterocycles. The molecule has 0 bridgehead atoms. The lowest BCUT2D eigenvalue weighted by molar-refractivity contribution is 0.318. The van der Waals surface area contributed by atoms with Gasteiger partial charge in [-0.2, -0.15) is 0 Å². The molecule has 0 fully saturated rings. The van der Waals surface area contributed by atoms with Gasteiger partial charge in [-0.25, -0.2) is 28.2 Å². The van der Waals surface area contributed by atoms with E-state index in [1.165, 1.54) is 6.20 Å². The molecule has 5 rings (SSSR count). The Balaban J connectivity index is 1.54. The molecule has 4 aromatic heterocycles. The second-order valence-electron chi connectivity index (χ2n) is 9.89. The highest BCUT2D eigenvalue weighted by atomic mass is 32.2. The number of carbonyl (C=O) groups excluding carboxylic acids is 1. The summed E-state index contributed by atoms with van der Waals surface area (Å²) >= 11 is 0. The molecular weight excluding hydrogens is 528 g/mol. The fraction of sp³-hybridized carbons (Fsp3) is 0.214. The number of benzene rings is 1. The molecule has 1 unspecified atom stereocenters. The molecular formula is C28H28N8O3S. The third-order valence-corrected chi connectivity index (χ3v) is 7.67. The highest BCUT2D eigenvalue weighted by Crippen LogP contribution is 2.31. The second kappa shape index (κ2) is 11.2. The van der Waals surface area contributed by atoms with Crippen LogP contribution < -0.4 is 14.8 Å². The lowest BCUT2D eigenvalue weighted by Gasteiger charge is -2.22. The summed E-state index contributed by atoms with van der Waals surface area (Å²) in [5, 5.41) is 9.76. The van der Waals surface area contributed by atoms with Crippen molar-refractivity contribution in [2.45, 2.75) is 31.2 Å². The van der Waals surface area contributed by atoms with E-state index < -0.39 is 15.2 Å². The fourth-order valence-corrected chi connectivity index (χ4v) is 5.68. The van der Waals surface area contributed by atoms with Crippen LogP contribution >= 0.6 is 0 Å². The Morgan fingerprint density at radius 3 is 2.58 bits per heavy atom. The molecule has 0 spiro atoms. The van der Waals surface area contributed by atoms with Crippen LogP contribution in [0.15, 0.2) is 84.5 Å². The van der Waals surface area contributed by atoms with Crippen LogP contribution in [0, 0.1) is 0 Å². The number of pyridine rings is 1. The molecule has 5 aromatic rings. The number of hydrogen-bond acceptors (Lipinski definition) is 9. The topological polar surface area (TPSA) is 136 Å². The summed E-state index contributed by atoms with van der Waals surface area (Å²) < 4.78 is 23.7. The Labute approximate surface area is 231 Å². The van der Waals surface area contributed by atoms with E-state index in [1.54, 1.807) is 40.6 Å². The molecule has 0 radical (unpaired) electrons. The molecule has 1 aromatic carbocycles. The van der Waals surface area contributed by atoms with Crippen LogP contribution in [0.4, 0.5) is 5.82 Å². The van der Waals surface area contributed by atoms with Crippen LogP contribution in [-0.4, -0.2) is 57.7 Å². The predicted octanol–water partition coefficient (Wildman–Crippen LogP) is 3.75. The largest absolute Gasteiger partial charge is 0.475 e. The van der Waals surface area contributed by atoms with Gasteiger partial charge in [0.05, 0.1) is 17.6 Å². The molecule has 11 nitrogen and oxygen atoms in total. The third-order valence-electron chi connectivity index (χ3n) is 5.65. The maximum atomic E-state index is 13.4. The molecule has 12 heteroatoms. The van der Waals surface area contributed by atoms with Gasteiger partial charge in [-0.15, -0.1) is 5.10 Å². The predicted molar refractivity (Wildman–Crippen MR) is 153 cm³/mol. The van der Waals surface area contributed by atoms with Crippen LogP contribution in [0.5, 0.6) is 5.88 Å². The van der Waals surface area contributed by atoms with Gasteiger partial charge in [-0.1, -0.05) is 30.3 Å². The van der Waals surface area contributed by atoms with Crippen LogP contribution in [0.2, 0.25) is 0 Å². The normalized spacial score (nSPS) is 13.0. The molecule has 0 amide bonds. The van der Waals surface area contributed by atoms with Gasteiger partial charge in [-0.3, -0.25) is 9.97 Å². The van der Waals surface area contributed by atoms with Crippen molar-refractivity contribution in [3.8, 4) is 28.4 Å². The van der Waals surface area contributed by atoms with Crippen LogP contribution in [0.25, 0.3) is 28.0 Å². The number of aromatic nitrogens is 6. The van der Waals surface area contributed by atoms with Crippen molar-refractivity contribution in [3.05, 3.63) is 79.6 Å². The number of anilines is 1. The van der Waals surface area contributed by atoms with E-state index in [9.17, 15) is 9.00 Å². The van der Waals surface area contributed by atoms with Crippen molar-refractivity contribution >= 4 is 26.3 Å². The summed E-state index contributed by atoms with van der Waals surface area (Å²) in [7, 11) is -3.35. The Kier molecular flexibility index (Phi) is 7.56. The first-order valence-corrected chi connectivity index (χ1v) is 14.1. The average Bonchev–Trinajstić information content (AvgIpc) is 3.40. The summed E-state index contributed by atoms with van der Waals surface area (Å²) in [5.41, 5.74) is 2.64. The summed E-state index contributed by atoms with van der Waals surface area (Å²) in [6, 6.07) is 13.5. The molecule has 0 aliphatic carbocycles. The first kappa shape index (κ1) is 26.9. The SMILES string of the molecule is CC(C)(C)NS(=O)(=C=O)c1cncc(-c2nc(NCCOc3cnccn3)c3c(-c4ccccc4)ccn3n2)c1. The third kappa shape index (κ3) is 5.99. The molecule has 0 aliphatic rings. The Morgan fingerprint density at radius 1 is 1.02 bits per heavy atom. The van der Waals surface area contributed by atoms with E-state index in [0.29, 0.717) is 36.2 Å². The molecule has 0 saturated carbocycles. The minimum atomic E-state index is -3.35. The van der Waals surface area contributed by atoms with Gasteiger partial charge in [0.15, 0.2) is 11.6 Å². The number of rotatable bonds is 9. The number of hydrogen-bond donors (Lipinski definition) is 2. The first-order chi connectivity index (χ1) is 19.3. The minimum absolute atomic E-state index is 0.197. The quantitative estimate of drug-likeness (QED) is 0.205. The fourth-order valence-electron chi connectivity index (χ4n) is 4.06. The van der Waals surface area contributed by atoms with Gasteiger partial charge in [0.25, 0.3) is 0 Å². The second-order valence-corrected chi connectivity index (χ2v) is 11.8. The smallest absolute Gasteiger partial charge is 0.232 e. The van der Waals surface area contributed by atoms with Crippen molar-refractivity contribution < 1.29 is 13.7 Å². The maximum Gasteiger partial charge on any atom is 0.232 e. The molecule has 204 valence electrons. The monoisotopic (exact) mass is 556 g/mol. The van der Waals surface area contributed by atoms with E-state index in [2.05, 4.69) is 25.0 Å². The molecule has 0 aliphatic heterocycles. The van der Waals surface area contributed by atoms with E-state index in [1.807, 2.05) is 63.4 Å². The number of nitrogens with zero attached hydrogens (tertiary/aromatic N) is 6. The van der Waals surface area contributed by atoms with Gasteiger partial charge in [0, 0.05) is 47.7 Å². The van der Waals surface area contributed by atoms with Crippen molar-refractivity contribution in [2.24, 2.45) is 0 Å². The lowest BCUT2D eigenvalue weighted by Crippen LogP contribution is -2.40. The number of ether oxygens (including phenoxy) is 1. The summed E-state index contributed by atoms with van der Waals surface area (Å²) in [6.07, 6.45) is 9.50. The zero-order valence-electron chi connectivity index (χ0n) is 22.2. The van der Waals surface area contributed by atoms with Crippen molar-refractivity contribution in [1.82, 2.24) is 34.3 Å². The summed E-state index contributed by atoms with van der Waals surface area (Å²) in [5.74, 6) is 1.32. The highest BCUT2D eigenvalue weighted by Gasteiger charge is 2.22. The zero-order chi connectivity index (χ0) is 28.2. The average molecular weight is 557 g/mol. The zero-order valence-corrected chi connectivity index (χ0v) is 23.1. The molecule has 4 heterocycles. The van der Waals surface area contributed by atoms with E-state index in [0.717, 1.165) is 16.6 Å². The van der Waals surface area contributed by atoms with Gasteiger partial charge in [0.1, 0.15) is 21.8 Å². The van der Waals surface area contributed by atoms with Crippen molar-refractivity contribution in [2.75, 3.05) is 18.5 Å². The van der Waals surface area contributed by atoms with Crippen LogP contribution in [0.1, 0.15) is 20.8 Å². The molecule has 2 N–H and O–H groups in total. The van der Waals surface area contributed by atoms with Gasteiger partial charge in [0.2, 0.25) is 11.1 Å². The van der Waals surface area contributed by atoms with Crippen LogP contribution in [-0.2, 0) is 14.5 Å². The summed E-state index contributed by atoms with van der Waals surface area (Å²) in [4.78, 5) is 29.2. The summed E-state index contributed by atoms with van der Waals surface area (Å²) in [6.45, 7) is 6.20. The Morgan fingerprint density at radius 2 is 1.85 bits per heavy atom. The van der Waals surface area contributed by atoms with Gasteiger partial charge >= 0.3 is 0 Å². The maximum absolute atomic E-state index is 13.4. The van der Waals surface area contributed by atoms with Crippen molar-refractivity contribution in [3.63, 3.8) is 0 Å². The van der Waals surface area contributed by atoms with E-state index in [4.69, 9.17) is 14.8 Å². The van der Waals surface area contributed by atoms with Crippen LogP contribution in [0.3, 0.4) is 0 Å². The molecule has 40 heavy (non-hydrogen) atoms. The van der Waals surface area contributed by atoms with Gasteiger partial charge < -0.3 is 10.1 Å². The Hall–Kier alpha value is -4.64. The minimum Gasteiger partial charge on any atom is -0.475 e. The lowest BCUT2D eigenvalue weighted by atomic mass is 10.1. The van der Waals surface area contributed by atoms with Gasteiger partial charge in [-0.05, 0) is 38.5 Å². The highest BCUT2D eigenvalue weighted by molar-refractivity contribution is 7.99. The number of nitrogens with one attached hydrogen (secondary N) is 2. The first-order valence-electron chi connectivity index (χ1n) is 12.5. The Bertz CT molecular complexity index is 1770. The molecule has 1 atom stereocenters. The standard InChI is InChI=1S/C28H28N8O3S/c1-28(2,3)35-40(38,19-37)22-15-21(16-30-17-22)26-33-27(32-12-14-39-24-18-29-10-11-31-24)25-23(9-13-36(25)34-26)20-7-5-4-6-8-20/h4-11,13,15-18H,12,14H2,1-3H3,(H,35,38)(H,32,33,34).